The van der Waals surface area contributed by atoms with Crippen LogP contribution in [-0.2, 0) is 0 Å². The highest BCUT2D eigenvalue weighted by molar-refractivity contribution is 6.87. The van der Waals surface area contributed by atoms with Crippen molar-refractivity contribution < 1.29 is 0 Å². The molecule has 0 N–H and O–H groups in total. The van der Waals surface area contributed by atoms with E-state index in [-0.39, 0.29) is 0 Å². The van der Waals surface area contributed by atoms with Crippen LogP contribution in [-0.4, -0.2) is 8.07 Å². The number of hydrogen-bond acceptors (Lipinski definition) is 0. The number of rotatable bonds is 2. The molecule has 22 heavy (non-hydrogen) atoms. The van der Waals surface area contributed by atoms with Crippen molar-refractivity contribution in [2.24, 2.45) is 5.92 Å². The summed E-state index contributed by atoms with van der Waals surface area (Å²) < 4.78 is 0. The van der Waals surface area contributed by atoms with Crippen LogP contribution < -0.4 is 0 Å². The molecule has 0 saturated heterocycles. The van der Waals surface area contributed by atoms with Crippen LogP contribution in [0.5, 0.6) is 0 Å². The first-order valence-corrected chi connectivity index (χ1v) is 11.6. The topological polar surface area (TPSA) is 0 Å². The Morgan fingerprint density at radius 3 is 2.36 bits per heavy atom. The Balaban J connectivity index is 2.02. The van der Waals surface area contributed by atoms with Gasteiger partial charge >= 0.3 is 0 Å². The van der Waals surface area contributed by atoms with Crippen LogP contribution in [0.2, 0.25) is 18.6 Å². The van der Waals surface area contributed by atoms with E-state index in [0.29, 0.717) is 11.5 Å². The van der Waals surface area contributed by atoms with Gasteiger partial charge in [-0.3, -0.25) is 0 Å². The van der Waals surface area contributed by atoms with Gasteiger partial charge in [0.2, 0.25) is 0 Å². The highest BCUT2D eigenvalue weighted by Crippen LogP contribution is 2.50. The minimum Gasteiger partial charge on any atom is -0.0801 e. The predicted octanol–water partition coefficient (Wildman–Crippen LogP) is 6.29. The van der Waals surface area contributed by atoms with Gasteiger partial charge in [0.05, 0.1) is 8.07 Å². The molecule has 0 nitrogen and oxygen atoms in total. The van der Waals surface area contributed by atoms with E-state index >= 15 is 0 Å². The Labute approximate surface area is 136 Å². The van der Waals surface area contributed by atoms with Crippen LogP contribution in [0.4, 0.5) is 0 Å². The van der Waals surface area contributed by atoms with E-state index in [4.69, 9.17) is 0 Å². The molecule has 0 aliphatic heterocycles. The molecule has 0 heterocycles. The number of hydrogen-bond donors (Lipinski definition) is 0. The van der Waals surface area contributed by atoms with Crippen molar-refractivity contribution in [3.63, 3.8) is 0 Å². The summed E-state index contributed by atoms with van der Waals surface area (Å²) in [7, 11) is -1.56. The predicted molar refractivity (Wildman–Crippen MR) is 101 cm³/mol. The lowest BCUT2D eigenvalue weighted by atomic mass is 10.1. The Bertz CT molecular complexity index is 689. The molecule has 0 aromatic carbocycles. The van der Waals surface area contributed by atoms with Crippen molar-refractivity contribution in [3.05, 3.63) is 69.5 Å². The summed E-state index contributed by atoms with van der Waals surface area (Å²) in [5.41, 5.74) is 8.45. The molecule has 3 aliphatic carbocycles. The van der Waals surface area contributed by atoms with Gasteiger partial charge < -0.3 is 0 Å². The van der Waals surface area contributed by atoms with Gasteiger partial charge in [-0.2, -0.15) is 0 Å². The van der Waals surface area contributed by atoms with Crippen molar-refractivity contribution in [1.82, 2.24) is 0 Å². The maximum absolute atomic E-state index is 2.57. The Morgan fingerprint density at radius 2 is 1.73 bits per heavy atom. The average molecular weight is 309 g/mol. The summed E-state index contributed by atoms with van der Waals surface area (Å²) >= 11 is 0. The van der Waals surface area contributed by atoms with Gasteiger partial charge in [0, 0.05) is 5.54 Å². The van der Waals surface area contributed by atoms with E-state index in [1.807, 2.05) is 0 Å². The molecule has 0 aromatic heterocycles. The molecule has 3 rings (SSSR count). The van der Waals surface area contributed by atoms with Crippen LogP contribution >= 0.6 is 0 Å². The Kier molecular flexibility index (Phi) is 3.80. The second kappa shape index (κ2) is 5.38. The minimum absolute atomic E-state index is 0.629. The first-order valence-electron chi connectivity index (χ1n) is 8.49. The standard InChI is InChI=1S/C21H28Si/c1-14-15(2)17(4)21(16(14)3)22(5,6)20-13-12-18-10-8-7-9-11-19(18)20/h7-9,11-13,16,20H,10H2,1-6H3. The molecule has 0 radical (unpaired) electrons. The maximum Gasteiger partial charge on any atom is 0.0880 e. The molecule has 3 aliphatic rings. The van der Waals surface area contributed by atoms with Gasteiger partial charge in [-0.15, -0.1) is 0 Å². The molecular weight excluding hydrogens is 280 g/mol. The van der Waals surface area contributed by atoms with E-state index in [1.54, 1.807) is 21.9 Å². The molecule has 0 saturated carbocycles. The SMILES string of the molecule is CC1=C(C)C(C)C([Si](C)(C)C2C=CC3=C2C=CC=CC3)=C1C. The molecule has 0 spiro atoms. The summed E-state index contributed by atoms with van der Waals surface area (Å²) in [5, 5.41) is 1.77. The van der Waals surface area contributed by atoms with Crippen LogP contribution in [0.1, 0.15) is 34.1 Å². The summed E-state index contributed by atoms with van der Waals surface area (Å²) in [5.74, 6) is 0.632. The summed E-state index contributed by atoms with van der Waals surface area (Å²) in [6.45, 7) is 14.5. The van der Waals surface area contributed by atoms with Gasteiger partial charge in [0.25, 0.3) is 0 Å². The average Bonchev–Trinajstić information content (AvgIpc) is 2.85. The van der Waals surface area contributed by atoms with Crippen molar-refractivity contribution >= 4 is 8.07 Å². The van der Waals surface area contributed by atoms with Crippen LogP contribution in [0, 0.1) is 5.92 Å². The molecule has 0 bridgehead atoms. The van der Waals surface area contributed by atoms with Gasteiger partial charge in [0.1, 0.15) is 0 Å². The van der Waals surface area contributed by atoms with Gasteiger partial charge in [-0.1, -0.05) is 72.8 Å². The van der Waals surface area contributed by atoms with E-state index in [0.717, 1.165) is 6.42 Å². The van der Waals surface area contributed by atoms with E-state index in [9.17, 15) is 0 Å². The zero-order valence-electron chi connectivity index (χ0n) is 14.8. The third-order valence-electron chi connectivity index (χ3n) is 6.17. The zero-order chi connectivity index (χ0) is 16.1. The van der Waals surface area contributed by atoms with E-state index in [2.05, 4.69) is 77.2 Å². The lowest BCUT2D eigenvalue weighted by molar-refractivity contribution is 0.842. The fourth-order valence-electron chi connectivity index (χ4n) is 4.64. The first kappa shape index (κ1) is 15.5. The smallest absolute Gasteiger partial charge is 0.0801 e. The third kappa shape index (κ3) is 2.18. The second-order valence-corrected chi connectivity index (χ2v) is 12.2. The molecule has 0 fully saturated rings. The molecule has 1 heteroatoms. The molecule has 116 valence electrons. The highest BCUT2D eigenvalue weighted by atomic mass is 28.3. The molecule has 2 unspecified atom stereocenters. The lowest BCUT2D eigenvalue weighted by Gasteiger charge is -2.35. The highest BCUT2D eigenvalue weighted by Gasteiger charge is 2.43. The molecule has 0 aromatic rings. The van der Waals surface area contributed by atoms with E-state index in [1.165, 1.54) is 11.1 Å². The summed E-state index contributed by atoms with van der Waals surface area (Å²) in [6.07, 6.45) is 15.0. The van der Waals surface area contributed by atoms with E-state index < -0.39 is 8.07 Å². The molecule has 0 amide bonds. The fourth-order valence-corrected chi connectivity index (χ4v) is 9.10. The van der Waals surface area contributed by atoms with Crippen molar-refractivity contribution in [2.45, 2.75) is 52.8 Å². The van der Waals surface area contributed by atoms with Crippen LogP contribution in [0.25, 0.3) is 0 Å². The Morgan fingerprint density at radius 1 is 1.00 bits per heavy atom. The largest absolute Gasteiger partial charge is 0.0880 e. The third-order valence-corrected chi connectivity index (χ3v) is 10.4. The van der Waals surface area contributed by atoms with Crippen LogP contribution in [0.3, 0.4) is 0 Å². The fraction of sp³-hybridized carbons (Fsp3) is 0.429. The molecular formula is C21H28Si. The number of allylic oxidation sites excluding steroid dienone is 12. The monoisotopic (exact) mass is 308 g/mol. The lowest BCUT2D eigenvalue weighted by Crippen LogP contribution is -2.37. The van der Waals surface area contributed by atoms with Gasteiger partial charge in [-0.25, -0.2) is 0 Å². The first-order chi connectivity index (χ1) is 10.4. The maximum atomic E-state index is 2.57. The van der Waals surface area contributed by atoms with Crippen molar-refractivity contribution in [1.29, 1.82) is 0 Å². The summed E-state index contributed by atoms with van der Waals surface area (Å²) in [4.78, 5) is 0. The van der Waals surface area contributed by atoms with Crippen LogP contribution in [0.15, 0.2) is 69.5 Å². The quantitative estimate of drug-likeness (QED) is 0.526. The van der Waals surface area contributed by atoms with Gasteiger partial charge in [0.15, 0.2) is 0 Å². The van der Waals surface area contributed by atoms with Gasteiger partial charge in [-0.05, 0) is 49.8 Å². The summed E-state index contributed by atoms with van der Waals surface area (Å²) in [6, 6.07) is 0. The second-order valence-electron chi connectivity index (χ2n) is 7.60. The van der Waals surface area contributed by atoms with Crippen molar-refractivity contribution in [3.8, 4) is 0 Å². The Hall–Kier alpha value is -1.34. The zero-order valence-corrected chi connectivity index (χ0v) is 15.8. The molecule has 2 atom stereocenters. The van der Waals surface area contributed by atoms with Crippen molar-refractivity contribution in [2.75, 3.05) is 0 Å². The normalized spacial score (nSPS) is 28.1. The minimum atomic E-state index is -1.56.